The van der Waals surface area contributed by atoms with E-state index in [0.29, 0.717) is 18.2 Å². The molecule has 0 bridgehead atoms. The molecule has 10 heteroatoms. The second kappa shape index (κ2) is 10.4. The van der Waals surface area contributed by atoms with E-state index < -0.39 is 22.0 Å². The lowest BCUT2D eigenvalue weighted by atomic mass is 10.0. The molecule has 0 saturated heterocycles. The van der Waals surface area contributed by atoms with Crippen molar-refractivity contribution in [1.82, 2.24) is 14.6 Å². The van der Waals surface area contributed by atoms with Crippen molar-refractivity contribution in [2.75, 3.05) is 18.4 Å². The van der Waals surface area contributed by atoms with Crippen molar-refractivity contribution in [3.63, 3.8) is 0 Å². The quantitative estimate of drug-likeness (QED) is 0.477. The van der Waals surface area contributed by atoms with E-state index in [1.807, 2.05) is 38.1 Å². The summed E-state index contributed by atoms with van der Waals surface area (Å²) in [6.45, 7) is 7.82. The van der Waals surface area contributed by atoms with Crippen molar-refractivity contribution >= 4 is 48.5 Å². The fourth-order valence-electron chi connectivity index (χ4n) is 3.38. The predicted octanol–water partition coefficient (Wildman–Crippen LogP) is 3.72. The van der Waals surface area contributed by atoms with E-state index in [1.54, 1.807) is 13.8 Å². The molecule has 2 aromatic carbocycles. The fourth-order valence-corrected chi connectivity index (χ4v) is 5.75. The van der Waals surface area contributed by atoms with E-state index >= 15 is 0 Å². The molecule has 0 fully saturated rings. The van der Waals surface area contributed by atoms with Gasteiger partial charge >= 0.3 is 0 Å². The van der Waals surface area contributed by atoms with Crippen molar-refractivity contribution in [2.45, 2.75) is 38.6 Å². The van der Waals surface area contributed by atoms with Crippen LogP contribution in [0.3, 0.4) is 0 Å². The molecule has 1 heterocycles. The van der Waals surface area contributed by atoms with E-state index in [-0.39, 0.29) is 22.3 Å². The smallest absolute Gasteiger partial charge is 0.251 e. The molecule has 3 rings (SSSR count). The first-order valence-electron chi connectivity index (χ1n) is 10.7. The van der Waals surface area contributed by atoms with Gasteiger partial charge in [-0.25, -0.2) is 13.4 Å². The minimum absolute atomic E-state index is 0.0406. The molecule has 0 radical (unpaired) electrons. The van der Waals surface area contributed by atoms with Crippen molar-refractivity contribution in [3.8, 4) is 0 Å². The molecule has 0 aliphatic rings. The molecular weight excluding hydrogens is 460 g/mol. The van der Waals surface area contributed by atoms with Crippen LogP contribution in [0.15, 0.2) is 53.4 Å². The van der Waals surface area contributed by atoms with Crippen LogP contribution in [-0.2, 0) is 14.8 Å². The highest BCUT2D eigenvalue weighted by Gasteiger charge is 2.27. The van der Waals surface area contributed by atoms with Gasteiger partial charge in [0.2, 0.25) is 15.9 Å². The molecule has 2 N–H and O–H groups in total. The topological polar surface area (TPSA) is 108 Å². The first-order chi connectivity index (χ1) is 15.7. The van der Waals surface area contributed by atoms with Crippen LogP contribution in [0.5, 0.6) is 0 Å². The van der Waals surface area contributed by atoms with Crippen molar-refractivity contribution in [2.24, 2.45) is 5.92 Å². The zero-order valence-electron chi connectivity index (χ0n) is 19.0. The van der Waals surface area contributed by atoms with Gasteiger partial charge in [0.05, 0.1) is 15.1 Å². The Bertz CT molecular complexity index is 1220. The number of nitrogens with zero attached hydrogens (tertiary/aromatic N) is 2. The predicted molar refractivity (Wildman–Crippen MR) is 131 cm³/mol. The van der Waals surface area contributed by atoms with Crippen molar-refractivity contribution in [1.29, 1.82) is 0 Å². The normalized spacial score (nSPS) is 12.8. The minimum atomic E-state index is -3.70. The lowest BCUT2D eigenvalue weighted by molar-refractivity contribution is -0.118. The summed E-state index contributed by atoms with van der Waals surface area (Å²) < 4.78 is 27.9. The SMILES string of the molecule is CCN(CC)S(=O)(=O)c1cccc(C(=O)N[C@@H](C(=O)Nc2nc3ccccc3s2)C(C)C)c1. The maximum absolute atomic E-state index is 12.9. The molecule has 3 aromatic rings. The molecule has 176 valence electrons. The summed E-state index contributed by atoms with van der Waals surface area (Å²) in [6, 6.07) is 12.6. The van der Waals surface area contributed by atoms with E-state index in [9.17, 15) is 18.0 Å². The molecular formula is C23H28N4O4S2. The first-order valence-corrected chi connectivity index (χ1v) is 13.0. The first kappa shape index (κ1) is 24.8. The third-order valence-electron chi connectivity index (χ3n) is 5.20. The molecule has 0 saturated carbocycles. The molecule has 0 aliphatic carbocycles. The number of hydrogen-bond donors (Lipinski definition) is 2. The minimum Gasteiger partial charge on any atom is -0.340 e. The number of thiazole rings is 1. The number of rotatable bonds is 9. The monoisotopic (exact) mass is 488 g/mol. The number of amides is 2. The number of hydrogen-bond acceptors (Lipinski definition) is 6. The lowest BCUT2D eigenvalue weighted by Crippen LogP contribution is -2.47. The third-order valence-corrected chi connectivity index (χ3v) is 8.20. The number of nitrogens with one attached hydrogen (secondary N) is 2. The van der Waals surface area contributed by atoms with Crippen LogP contribution in [-0.4, -0.2) is 48.7 Å². The summed E-state index contributed by atoms with van der Waals surface area (Å²) in [7, 11) is -3.70. The Morgan fingerprint density at radius 1 is 1.06 bits per heavy atom. The average Bonchev–Trinajstić information content (AvgIpc) is 3.20. The summed E-state index contributed by atoms with van der Waals surface area (Å²) in [5, 5.41) is 5.98. The molecule has 0 unspecified atom stereocenters. The molecule has 33 heavy (non-hydrogen) atoms. The number of para-hydroxylation sites is 1. The van der Waals surface area contributed by atoms with E-state index in [2.05, 4.69) is 15.6 Å². The molecule has 0 spiro atoms. The van der Waals surface area contributed by atoms with Crippen molar-refractivity contribution in [3.05, 3.63) is 54.1 Å². The highest BCUT2D eigenvalue weighted by molar-refractivity contribution is 7.89. The standard InChI is InChI=1S/C23H28N4O4S2/c1-5-27(6-2)33(30,31)17-11-9-10-16(14-17)21(28)25-20(15(3)4)22(29)26-23-24-18-12-7-8-13-19(18)32-23/h7-15,20H,5-6H2,1-4H3,(H,25,28)(H,24,26,29)/t20-/m1/s1. The Kier molecular flexibility index (Phi) is 7.83. The van der Waals surface area contributed by atoms with Gasteiger partial charge in [-0.05, 0) is 36.2 Å². The van der Waals surface area contributed by atoms with E-state index in [4.69, 9.17) is 0 Å². The number of benzene rings is 2. The number of anilines is 1. The maximum Gasteiger partial charge on any atom is 0.251 e. The fraction of sp³-hybridized carbons (Fsp3) is 0.348. The van der Waals surface area contributed by atoms with Crippen LogP contribution in [0.4, 0.5) is 5.13 Å². The van der Waals surface area contributed by atoms with Gasteiger partial charge in [0.1, 0.15) is 6.04 Å². The zero-order chi connectivity index (χ0) is 24.2. The van der Waals surface area contributed by atoms with Crippen LogP contribution < -0.4 is 10.6 Å². The average molecular weight is 489 g/mol. The molecule has 0 aliphatic heterocycles. The van der Waals surface area contributed by atoms with Crippen LogP contribution in [0.1, 0.15) is 38.1 Å². The number of carbonyl (C=O) groups is 2. The Hall–Kier alpha value is -2.82. The van der Waals surface area contributed by atoms with Gasteiger partial charge in [0.15, 0.2) is 5.13 Å². The van der Waals surface area contributed by atoms with Gasteiger partial charge in [-0.2, -0.15) is 4.31 Å². The number of sulfonamides is 1. The molecule has 1 atom stereocenters. The van der Waals surface area contributed by atoms with Gasteiger partial charge < -0.3 is 10.6 Å². The Morgan fingerprint density at radius 2 is 1.76 bits per heavy atom. The van der Waals surface area contributed by atoms with Gasteiger partial charge in [0, 0.05) is 18.7 Å². The van der Waals surface area contributed by atoms with Gasteiger partial charge in [-0.1, -0.05) is 57.2 Å². The highest BCUT2D eigenvalue weighted by Crippen LogP contribution is 2.25. The summed E-state index contributed by atoms with van der Waals surface area (Å²) >= 11 is 1.35. The summed E-state index contributed by atoms with van der Waals surface area (Å²) in [6.07, 6.45) is 0. The number of aromatic nitrogens is 1. The van der Waals surface area contributed by atoms with Crippen LogP contribution in [0.2, 0.25) is 0 Å². The van der Waals surface area contributed by atoms with Crippen LogP contribution in [0.25, 0.3) is 10.2 Å². The summed E-state index contributed by atoms with van der Waals surface area (Å²) in [5.74, 6) is -1.11. The molecule has 1 aromatic heterocycles. The Balaban J connectivity index is 1.78. The Morgan fingerprint density at radius 3 is 2.39 bits per heavy atom. The highest BCUT2D eigenvalue weighted by atomic mass is 32.2. The summed E-state index contributed by atoms with van der Waals surface area (Å²) in [5.41, 5.74) is 0.954. The Labute approximate surface area is 198 Å². The van der Waals surface area contributed by atoms with E-state index in [1.165, 1.54) is 39.9 Å². The summed E-state index contributed by atoms with van der Waals surface area (Å²) in [4.78, 5) is 30.3. The zero-order valence-corrected chi connectivity index (χ0v) is 20.7. The second-order valence-electron chi connectivity index (χ2n) is 7.79. The van der Waals surface area contributed by atoms with Gasteiger partial charge in [0.25, 0.3) is 5.91 Å². The van der Waals surface area contributed by atoms with E-state index in [0.717, 1.165) is 10.2 Å². The number of fused-ring (bicyclic) bond motifs is 1. The van der Waals surface area contributed by atoms with Gasteiger partial charge in [-0.3, -0.25) is 9.59 Å². The van der Waals surface area contributed by atoms with Crippen LogP contribution in [0, 0.1) is 5.92 Å². The third kappa shape index (κ3) is 5.58. The number of carbonyl (C=O) groups excluding carboxylic acids is 2. The van der Waals surface area contributed by atoms with Gasteiger partial charge in [-0.15, -0.1) is 0 Å². The van der Waals surface area contributed by atoms with Crippen LogP contribution >= 0.6 is 11.3 Å². The molecule has 2 amide bonds. The second-order valence-corrected chi connectivity index (χ2v) is 10.8. The van der Waals surface area contributed by atoms with Crippen molar-refractivity contribution < 1.29 is 18.0 Å². The maximum atomic E-state index is 12.9. The molecule has 8 nitrogen and oxygen atoms in total. The lowest BCUT2D eigenvalue weighted by Gasteiger charge is -2.22. The largest absolute Gasteiger partial charge is 0.340 e.